The standard InChI is InChI=1S/C19H32N4O3S/c1-2-22-6-7-23(12-18(22)24)19(20-11-15-5-8-27(25,26)13-15)21-17-10-14-3-4-16(17)9-14/h14-17H,2-13H2,1H3,(H,20,21). The van der Waals surface area contributed by atoms with Crippen molar-refractivity contribution in [2.75, 3.05) is 44.2 Å². The van der Waals surface area contributed by atoms with Gasteiger partial charge in [0, 0.05) is 32.2 Å². The number of likely N-dealkylation sites (N-methyl/N-ethyl adjacent to an activating group) is 1. The van der Waals surface area contributed by atoms with Crippen molar-refractivity contribution in [1.82, 2.24) is 15.1 Å². The van der Waals surface area contributed by atoms with Crippen LogP contribution in [0.25, 0.3) is 0 Å². The number of hydrogen-bond acceptors (Lipinski definition) is 4. The monoisotopic (exact) mass is 396 g/mol. The van der Waals surface area contributed by atoms with Gasteiger partial charge in [-0.05, 0) is 50.4 Å². The van der Waals surface area contributed by atoms with Crippen molar-refractivity contribution in [3.8, 4) is 0 Å². The Morgan fingerprint density at radius 3 is 2.67 bits per heavy atom. The summed E-state index contributed by atoms with van der Waals surface area (Å²) in [4.78, 5) is 21.2. The number of piperazine rings is 1. The Kier molecular flexibility index (Phi) is 5.36. The van der Waals surface area contributed by atoms with E-state index in [9.17, 15) is 13.2 Å². The summed E-state index contributed by atoms with van der Waals surface area (Å²) in [7, 11) is -2.88. The lowest BCUT2D eigenvalue weighted by molar-refractivity contribution is -0.134. The molecule has 2 saturated carbocycles. The van der Waals surface area contributed by atoms with Crippen molar-refractivity contribution in [3.05, 3.63) is 0 Å². The molecule has 4 aliphatic rings. The fourth-order valence-electron chi connectivity index (χ4n) is 5.28. The Labute approximate surface area is 162 Å². The third-order valence-corrected chi connectivity index (χ3v) is 8.72. The lowest BCUT2D eigenvalue weighted by atomic mass is 9.95. The van der Waals surface area contributed by atoms with Crippen LogP contribution in [0, 0.1) is 17.8 Å². The first-order valence-electron chi connectivity index (χ1n) is 10.5. The lowest BCUT2D eigenvalue weighted by Gasteiger charge is -2.37. The number of sulfone groups is 1. The van der Waals surface area contributed by atoms with E-state index in [4.69, 9.17) is 4.99 Å². The molecule has 2 aliphatic heterocycles. The molecule has 4 unspecified atom stereocenters. The van der Waals surface area contributed by atoms with Gasteiger partial charge in [0.15, 0.2) is 15.8 Å². The molecule has 27 heavy (non-hydrogen) atoms. The zero-order valence-corrected chi connectivity index (χ0v) is 17.1. The number of guanidine groups is 1. The third kappa shape index (κ3) is 4.25. The van der Waals surface area contributed by atoms with Gasteiger partial charge in [0.25, 0.3) is 0 Å². The normalized spacial score (nSPS) is 35.9. The van der Waals surface area contributed by atoms with Gasteiger partial charge in [-0.25, -0.2) is 8.42 Å². The molecule has 2 saturated heterocycles. The molecule has 2 heterocycles. The summed E-state index contributed by atoms with van der Waals surface area (Å²) in [6.45, 7) is 5.17. The molecule has 8 heteroatoms. The summed E-state index contributed by atoms with van der Waals surface area (Å²) < 4.78 is 23.5. The predicted octanol–water partition coefficient (Wildman–Crippen LogP) is 0.719. The van der Waals surface area contributed by atoms with Crippen molar-refractivity contribution in [3.63, 3.8) is 0 Å². The second-order valence-corrected chi connectivity index (χ2v) is 11.0. The number of amides is 1. The Hall–Kier alpha value is -1.31. The Balaban J connectivity index is 1.45. The topological polar surface area (TPSA) is 82.1 Å². The Morgan fingerprint density at radius 1 is 1.22 bits per heavy atom. The fourth-order valence-corrected chi connectivity index (χ4v) is 7.13. The van der Waals surface area contributed by atoms with Crippen molar-refractivity contribution < 1.29 is 13.2 Å². The summed E-state index contributed by atoms with van der Waals surface area (Å²) in [6, 6.07) is 0.453. The molecule has 0 aromatic rings. The average molecular weight is 397 g/mol. The number of aliphatic imine (C=N–C) groups is 1. The Bertz CT molecular complexity index is 708. The quantitative estimate of drug-likeness (QED) is 0.559. The van der Waals surface area contributed by atoms with E-state index >= 15 is 0 Å². The fraction of sp³-hybridized carbons (Fsp3) is 0.895. The highest BCUT2D eigenvalue weighted by atomic mass is 32.2. The summed E-state index contributed by atoms with van der Waals surface area (Å²) in [5.41, 5.74) is 0. The zero-order valence-electron chi connectivity index (χ0n) is 16.3. The molecule has 1 amide bonds. The van der Waals surface area contributed by atoms with E-state index in [1.54, 1.807) is 0 Å². The number of hydrogen-bond donors (Lipinski definition) is 1. The minimum Gasteiger partial charge on any atom is -0.353 e. The smallest absolute Gasteiger partial charge is 0.242 e. The first-order valence-corrected chi connectivity index (χ1v) is 12.3. The Morgan fingerprint density at radius 2 is 2.07 bits per heavy atom. The maximum Gasteiger partial charge on any atom is 0.242 e. The highest BCUT2D eigenvalue weighted by Gasteiger charge is 2.40. The van der Waals surface area contributed by atoms with Crippen LogP contribution in [0.1, 0.15) is 39.0 Å². The molecule has 0 aromatic carbocycles. The molecule has 0 radical (unpaired) electrons. The molecular weight excluding hydrogens is 364 g/mol. The minimum absolute atomic E-state index is 0.111. The molecule has 1 N–H and O–H groups in total. The number of nitrogens with zero attached hydrogens (tertiary/aromatic N) is 3. The molecule has 4 rings (SSSR count). The first kappa shape index (κ1) is 19.0. The SMILES string of the molecule is CCN1CCN(C(=NCC2CCS(=O)(=O)C2)NC2CC3CCC2C3)CC1=O. The second-order valence-electron chi connectivity index (χ2n) is 8.75. The van der Waals surface area contributed by atoms with Crippen LogP contribution in [0.4, 0.5) is 0 Å². The zero-order chi connectivity index (χ0) is 19.0. The van der Waals surface area contributed by atoms with E-state index < -0.39 is 9.84 Å². The number of rotatable bonds is 4. The van der Waals surface area contributed by atoms with E-state index in [1.807, 2.05) is 11.8 Å². The molecule has 7 nitrogen and oxygen atoms in total. The third-order valence-electron chi connectivity index (χ3n) is 6.88. The largest absolute Gasteiger partial charge is 0.353 e. The number of fused-ring (bicyclic) bond motifs is 2. The highest BCUT2D eigenvalue weighted by Crippen LogP contribution is 2.44. The van der Waals surface area contributed by atoms with Crippen molar-refractivity contribution in [1.29, 1.82) is 0 Å². The van der Waals surface area contributed by atoms with Gasteiger partial charge >= 0.3 is 0 Å². The minimum atomic E-state index is -2.88. The van der Waals surface area contributed by atoms with E-state index in [-0.39, 0.29) is 23.3 Å². The van der Waals surface area contributed by atoms with Gasteiger partial charge in [-0.1, -0.05) is 6.42 Å². The number of carbonyl (C=O) groups excluding carboxylic acids is 1. The van der Waals surface area contributed by atoms with Crippen molar-refractivity contribution >= 4 is 21.7 Å². The van der Waals surface area contributed by atoms with E-state index in [1.165, 1.54) is 25.7 Å². The van der Waals surface area contributed by atoms with Crippen LogP contribution in [0.3, 0.4) is 0 Å². The maximum atomic E-state index is 12.4. The lowest BCUT2D eigenvalue weighted by Crippen LogP contribution is -2.57. The molecule has 0 aromatic heterocycles. The van der Waals surface area contributed by atoms with E-state index in [2.05, 4.69) is 10.2 Å². The van der Waals surface area contributed by atoms with Crippen LogP contribution >= 0.6 is 0 Å². The van der Waals surface area contributed by atoms with E-state index in [0.717, 1.165) is 37.4 Å². The van der Waals surface area contributed by atoms with Crippen LogP contribution in [0.2, 0.25) is 0 Å². The molecule has 2 aliphatic carbocycles. The predicted molar refractivity (Wildman–Crippen MR) is 105 cm³/mol. The maximum absolute atomic E-state index is 12.4. The molecule has 152 valence electrons. The van der Waals surface area contributed by atoms with Gasteiger partial charge in [0.05, 0.1) is 18.1 Å². The number of nitrogens with one attached hydrogen (secondary N) is 1. The second kappa shape index (κ2) is 7.60. The molecule has 4 fully saturated rings. The van der Waals surface area contributed by atoms with Crippen molar-refractivity contribution in [2.45, 2.75) is 45.1 Å². The van der Waals surface area contributed by atoms with Gasteiger partial charge in [-0.2, -0.15) is 0 Å². The van der Waals surface area contributed by atoms with Gasteiger partial charge in [-0.3, -0.25) is 9.79 Å². The summed E-state index contributed by atoms with van der Waals surface area (Å²) in [5, 5.41) is 3.67. The summed E-state index contributed by atoms with van der Waals surface area (Å²) >= 11 is 0. The van der Waals surface area contributed by atoms with Gasteiger partial charge in [-0.15, -0.1) is 0 Å². The molecule has 2 bridgehead atoms. The summed E-state index contributed by atoms with van der Waals surface area (Å²) in [5.74, 6) is 3.18. The van der Waals surface area contributed by atoms with Gasteiger partial charge < -0.3 is 15.1 Å². The molecular formula is C19H32N4O3S. The van der Waals surface area contributed by atoms with Crippen LogP contribution in [-0.4, -0.2) is 80.4 Å². The van der Waals surface area contributed by atoms with Gasteiger partial charge in [0.2, 0.25) is 5.91 Å². The van der Waals surface area contributed by atoms with Crippen LogP contribution in [0.15, 0.2) is 4.99 Å². The highest BCUT2D eigenvalue weighted by molar-refractivity contribution is 7.91. The average Bonchev–Trinajstić information content (AvgIpc) is 3.34. The van der Waals surface area contributed by atoms with Gasteiger partial charge in [0.1, 0.15) is 0 Å². The van der Waals surface area contributed by atoms with E-state index in [0.29, 0.717) is 25.6 Å². The molecule has 4 atom stereocenters. The number of carbonyl (C=O) groups is 1. The van der Waals surface area contributed by atoms with Crippen LogP contribution in [-0.2, 0) is 14.6 Å². The van der Waals surface area contributed by atoms with Crippen LogP contribution in [0.5, 0.6) is 0 Å². The first-order chi connectivity index (χ1) is 12.9. The van der Waals surface area contributed by atoms with Crippen LogP contribution < -0.4 is 5.32 Å². The summed E-state index contributed by atoms with van der Waals surface area (Å²) in [6.07, 6.45) is 5.86. The van der Waals surface area contributed by atoms with Crippen molar-refractivity contribution in [2.24, 2.45) is 22.7 Å². The molecule has 0 spiro atoms.